The molecule has 1 radical (unpaired) electrons. The summed E-state index contributed by atoms with van der Waals surface area (Å²) in [6, 6.07) is 10.6. The zero-order valence-electron chi connectivity index (χ0n) is 10.6. The first-order chi connectivity index (χ1) is 8.88. The van der Waals surface area contributed by atoms with Crippen molar-refractivity contribution in [3.8, 4) is 0 Å². The zero-order valence-corrected chi connectivity index (χ0v) is 10.6. The van der Waals surface area contributed by atoms with E-state index in [9.17, 15) is 4.79 Å². The minimum atomic E-state index is 0.697. The van der Waals surface area contributed by atoms with Crippen molar-refractivity contribution in [3.63, 3.8) is 0 Å². The van der Waals surface area contributed by atoms with Crippen molar-refractivity contribution in [2.24, 2.45) is 0 Å². The molecule has 1 saturated heterocycles. The molecule has 1 fully saturated rings. The maximum absolute atomic E-state index is 10.0. The van der Waals surface area contributed by atoms with Crippen LogP contribution in [0, 0.1) is 0 Å². The van der Waals surface area contributed by atoms with E-state index in [1.807, 2.05) is 0 Å². The van der Waals surface area contributed by atoms with Crippen LogP contribution in [-0.4, -0.2) is 55.5 Å². The second-order valence-corrected chi connectivity index (χ2v) is 4.63. The Hall–Kier alpha value is -1.39. The van der Waals surface area contributed by atoms with Gasteiger partial charge < -0.3 is 5.32 Å². The van der Waals surface area contributed by atoms with E-state index in [0.29, 0.717) is 6.54 Å². The van der Waals surface area contributed by atoms with Gasteiger partial charge in [-0.3, -0.25) is 14.6 Å². The first-order valence-corrected chi connectivity index (χ1v) is 6.47. The first-order valence-electron chi connectivity index (χ1n) is 6.47. The molecule has 18 heavy (non-hydrogen) atoms. The van der Waals surface area contributed by atoms with Crippen LogP contribution in [-0.2, 0) is 11.3 Å². The predicted octanol–water partition coefficient (Wildman–Crippen LogP) is 0.461. The van der Waals surface area contributed by atoms with Gasteiger partial charge in [0, 0.05) is 45.8 Å². The molecule has 1 heterocycles. The summed E-state index contributed by atoms with van der Waals surface area (Å²) >= 11 is 0. The predicted molar refractivity (Wildman–Crippen MR) is 71.9 cm³/mol. The number of nitrogens with one attached hydrogen (secondary N) is 1. The largest absolute Gasteiger partial charge is 0.347 e. The quantitative estimate of drug-likeness (QED) is 0.585. The van der Waals surface area contributed by atoms with Gasteiger partial charge in [-0.25, -0.2) is 0 Å². The highest BCUT2D eigenvalue weighted by Gasteiger charge is 2.16. The number of hydrogen-bond donors (Lipinski definition) is 1. The molecule has 4 heteroatoms. The molecule has 4 nitrogen and oxygen atoms in total. The van der Waals surface area contributed by atoms with Crippen molar-refractivity contribution in [2.75, 3.05) is 39.3 Å². The summed E-state index contributed by atoms with van der Waals surface area (Å²) in [4.78, 5) is 14.9. The van der Waals surface area contributed by atoms with Gasteiger partial charge in [-0.05, 0) is 5.56 Å². The minimum Gasteiger partial charge on any atom is -0.347 e. The number of piperazine rings is 1. The molecule has 1 amide bonds. The summed E-state index contributed by atoms with van der Waals surface area (Å²) in [6.07, 6.45) is 1.71. The van der Waals surface area contributed by atoms with Gasteiger partial charge in [0.2, 0.25) is 0 Å². The van der Waals surface area contributed by atoms with E-state index >= 15 is 0 Å². The Kier molecular flexibility index (Phi) is 5.17. The Balaban J connectivity index is 1.68. The second kappa shape index (κ2) is 7.13. The third kappa shape index (κ3) is 4.13. The molecular formula is C14H20N3O. The maximum Gasteiger partial charge on any atom is 0.309 e. The number of benzene rings is 1. The maximum atomic E-state index is 10.0. The van der Waals surface area contributed by atoms with Crippen LogP contribution in [0.1, 0.15) is 5.56 Å². The van der Waals surface area contributed by atoms with Crippen LogP contribution >= 0.6 is 0 Å². The van der Waals surface area contributed by atoms with Gasteiger partial charge in [0.05, 0.1) is 0 Å². The number of amides is 1. The van der Waals surface area contributed by atoms with E-state index in [1.54, 1.807) is 6.41 Å². The summed E-state index contributed by atoms with van der Waals surface area (Å²) in [7, 11) is 0. The van der Waals surface area contributed by atoms with Crippen molar-refractivity contribution in [2.45, 2.75) is 6.54 Å². The van der Waals surface area contributed by atoms with Crippen molar-refractivity contribution >= 4 is 6.41 Å². The van der Waals surface area contributed by atoms with Gasteiger partial charge in [-0.2, -0.15) is 0 Å². The summed E-state index contributed by atoms with van der Waals surface area (Å²) in [5, 5.41) is 2.59. The fourth-order valence-electron chi connectivity index (χ4n) is 2.28. The van der Waals surface area contributed by atoms with E-state index in [2.05, 4.69) is 45.4 Å². The molecule has 0 bridgehead atoms. The smallest absolute Gasteiger partial charge is 0.309 e. The first kappa shape index (κ1) is 13.1. The Morgan fingerprint density at radius 2 is 1.72 bits per heavy atom. The normalized spacial score (nSPS) is 17.6. The van der Waals surface area contributed by atoms with E-state index in [1.165, 1.54) is 5.56 Å². The molecule has 0 aromatic heterocycles. The molecule has 1 aromatic rings. The van der Waals surface area contributed by atoms with Crippen molar-refractivity contribution in [1.29, 1.82) is 0 Å². The lowest BCUT2D eigenvalue weighted by Crippen LogP contribution is -2.47. The summed E-state index contributed by atoms with van der Waals surface area (Å²) in [6.45, 7) is 7.01. The standard InChI is InChI=1S/C14H20N3O/c18-13-15-6-7-16-8-10-17(11-9-16)12-14-4-2-1-3-5-14/h1-5H,6-12H2,(H,15,18). The molecule has 1 aliphatic heterocycles. The van der Waals surface area contributed by atoms with Crippen LogP contribution in [0.4, 0.5) is 0 Å². The van der Waals surface area contributed by atoms with E-state index < -0.39 is 0 Å². The lowest BCUT2D eigenvalue weighted by Gasteiger charge is -2.34. The van der Waals surface area contributed by atoms with Gasteiger partial charge in [0.25, 0.3) is 0 Å². The third-order valence-corrected chi connectivity index (χ3v) is 3.34. The molecule has 1 aliphatic rings. The molecule has 0 aliphatic carbocycles. The second-order valence-electron chi connectivity index (χ2n) is 4.63. The molecule has 1 aromatic carbocycles. The third-order valence-electron chi connectivity index (χ3n) is 3.34. The Labute approximate surface area is 109 Å². The average Bonchev–Trinajstić information content (AvgIpc) is 2.42. The van der Waals surface area contributed by atoms with E-state index in [4.69, 9.17) is 0 Å². The van der Waals surface area contributed by atoms with Gasteiger partial charge in [0.1, 0.15) is 0 Å². The summed E-state index contributed by atoms with van der Waals surface area (Å²) in [5.74, 6) is 0. The molecule has 0 spiro atoms. The fraction of sp³-hybridized carbons (Fsp3) is 0.500. The molecule has 1 N–H and O–H groups in total. The molecule has 2 rings (SSSR count). The number of carbonyl (C=O) groups excluding carboxylic acids is 1. The highest BCUT2D eigenvalue weighted by Crippen LogP contribution is 2.07. The van der Waals surface area contributed by atoms with Crippen LogP contribution in [0.3, 0.4) is 0 Å². The number of rotatable bonds is 6. The van der Waals surface area contributed by atoms with Crippen LogP contribution in [0.5, 0.6) is 0 Å². The number of hydrogen-bond acceptors (Lipinski definition) is 3. The molecular weight excluding hydrogens is 226 g/mol. The summed E-state index contributed by atoms with van der Waals surface area (Å²) < 4.78 is 0. The lowest BCUT2D eigenvalue weighted by atomic mass is 10.2. The van der Waals surface area contributed by atoms with Crippen LogP contribution in [0.2, 0.25) is 0 Å². The highest BCUT2D eigenvalue weighted by atomic mass is 16.1. The molecule has 0 unspecified atom stereocenters. The van der Waals surface area contributed by atoms with Crippen molar-refractivity contribution in [1.82, 2.24) is 15.1 Å². The average molecular weight is 246 g/mol. The SMILES string of the molecule is O=[C]NCCN1CCN(Cc2ccccc2)CC1. The van der Waals surface area contributed by atoms with Crippen LogP contribution in [0.25, 0.3) is 0 Å². The monoisotopic (exact) mass is 246 g/mol. The van der Waals surface area contributed by atoms with E-state index in [-0.39, 0.29) is 0 Å². The molecule has 0 saturated carbocycles. The minimum absolute atomic E-state index is 0.697. The van der Waals surface area contributed by atoms with Gasteiger partial charge in [0.15, 0.2) is 0 Å². The van der Waals surface area contributed by atoms with Gasteiger partial charge in [-0.15, -0.1) is 0 Å². The highest BCUT2D eigenvalue weighted by molar-refractivity contribution is 5.46. The molecule has 0 atom stereocenters. The van der Waals surface area contributed by atoms with Crippen molar-refractivity contribution < 1.29 is 4.79 Å². The topological polar surface area (TPSA) is 35.6 Å². The Morgan fingerprint density at radius 1 is 1.06 bits per heavy atom. The van der Waals surface area contributed by atoms with Crippen molar-refractivity contribution in [3.05, 3.63) is 35.9 Å². The lowest BCUT2D eigenvalue weighted by molar-refractivity contribution is 0.129. The summed E-state index contributed by atoms with van der Waals surface area (Å²) in [5.41, 5.74) is 1.38. The molecule has 97 valence electrons. The Morgan fingerprint density at radius 3 is 2.39 bits per heavy atom. The van der Waals surface area contributed by atoms with Crippen LogP contribution in [0.15, 0.2) is 30.3 Å². The van der Waals surface area contributed by atoms with Crippen LogP contribution < -0.4 is 5.32 Å². The fourth-order valence-corrected chi connectivity index (χ4v) is 2.28. The van der Waals surface area contributed by atoms with Gasteiger partial charge in [-0.1, -0.05) is 30.3 Å². The van der Waals surface area contributed by atoms with E-state index in [0.717, 1.165) is 39.3 Å². The number of nitrogens with zero attached hydrogens (tertiary/aromatic N) is 2. The Bertz CT molecular complexity index is 347. The zero-order chi connectivity index (χ0) is 12.6. The van der Waals surface area contributed by atoms with Gasteiger partial charge >= 0.3 is 6.41 Å².